The fraction of sp³-hybridized carbons (Fsp3) is 0.852. The SMILES string of the molecule is C=CC(=O)O.CCCCCCCCCCCCCCCCCC(=O)O.OCCN(CCO)CCO. The Kier molecular flexibility index (Phi) is 37.7. The molecule has 0 atom stereocenters. The van der Waals surface area contributed by atoms with Crippen molar-refractivity contribution in [3.05, 3.63) is 12.7 Å². The third kappa shape index (κ3) is 43.1. The molecule has 0 amide bonds. The van der Waals surface area contributed by atoms with E-state index in [4.69, 9.17) is 25.5 Å². The maximum Gasteiger partial charge on any atom is 0.327 e. The standard InChI is InChI=1S/C18H36O2.C6H15NO3.C3H4O2/c1-2-3-4-5-6-7-8-9-10-11-12-13-14-15-16-17-18(19)20;8-4-1-7(2-5-9)3-6-10;1-2-3(4)5/h2-17H2,1H3,(H,19,20);8-10H,1-6H2;2H,1H2,(H,4,5). The van der Waals surface area contributed by atoms with Gasteiger partial charge >= 0.3 is 11.9 Å². The van der Waals surface area contributed by atoms with Gasteiger partial charge in [0.1, 0.15) is 0 Å². The predicted molar refractivity (Wildman–Crippen MR) is 143 cm³/mol. The van der Waals surface area contributed by atoms with Crippen LogP contribution < -0.4 is 0 Å². The lowest BCUT2D eigenvalue weighted by atomic mass is 10.0. The third-order valence-electron chi connectivity index (χ3n) is 5.42. The van der Waals surface area contributed by atoms with Crippen molar-refractivity contribution in [2.75, 3.05) is 39.5 Å². The molecule has 0 aromatic rings. The Hall–Kier alpha value is -1.48. The highest BCUT2D eigenvalue weighted by Gasteiger charge is 2.00. The Morgan fingerprint density at radius 2 is 0.914 bits per heavy atom. The first-order valence-corrected chi connectivity index (χ1v) is 13.5. The minimum atomic E-state index is -0.981. The Morgan fingerprint density at radius 3 is 1.14 bits per heavy atom. The molecule has 210 valence electrons. The van der Waals surface area contributed by atoms with Crippen LogP contribution in [0.4, 0.5) is 0 Å². The summed E-state index contributed by atoms with van der Waals surface area (Å²) in [5.74, 6) is -1.63. The molecule has 35 heavy (non-hydrogen) atoms. The summed E-state index contributed by atoms with van der Waals surface area (Å²) in [5.41, 5.74) is 0. The molecule has 8 nitrogen and oxygen atoms in total. The van der Waals surface area contributed by atoms with Gasteiger partial charge in [-0.3, -0.25) is 9.69 Å². The molecule has 0 bridgehead atoms. The number of hydrogen-bond acceptors (Lipinski definition) is 6. The molecule has 0 fully saturated rings. The summed E-state index contributed by atoms with van der Waals surface area (Å²) in [7, 11) is 0. The summed E-state index contributed by atoms with van der Waals surface area (Å²) in [6.07, 6.45) is 21.0. The number of hydrogen-bond donors (Lipinski definition) is 5. The van der Waals surface area contributed by atoms with Gasteiger partial charge in [-0.05, 0) is 6.42 Å². The van der Waals surface area contributed by atoms with Gasteiger partial charge in [0.25, 0.3) is 0 Å². The normalized spacial score (nSPS) is 10.2. The largest absolute Gasteiger partial charge is 0.481 e. The van der Waals surface area contributed by atoms with Crippen molar-refractivity contribution in [2.24, 2.45) is 0 Å². The van der Waals surface area contributed by atoms with E-state index in [0.717, 1.165) is 18.9 Å². The monoisotopic (exact) mass is 505 g/mol. The number of carboxylic acids is 2. The molecular formula is C27H55NO7. The van der Waals surface area contributed by atoms with E-state index in [1.807, 2.05) is 0 Å². The van der Waals surface area contributed by atoms with Gasteiger partial charge in [-0.2, -0.15) is 0 Å². The van der Waals surface area contributed by atoms with Gasteiger partial charge in [-0.1, -0.05) is 103 Å². The first-order chi connectivity index (χ1) is 16.9. The minimum absolute atomic E-state index is 0.0694. The summed E-state index contributed by atoms with van der Waals surface area (Å²) in [4.78, 5) is 21.4. The van der Waals surface area contributed by atoms with Crippen LogP contribution in [0.25, 0.3) is 0 Å². The average molecular weight is 506 g/mol. The zero-order valence-corrected chi connectivity index (χ0v) is 22.3. The number of carbonyl (C=O) groups is 2. The zero-order valence-electron chi connectivity index (χ0n) is 22.3. The summed E-state index contributed by atoms with van der Waals surface area (Å²) in [6, 6.07) is 0. The molecule has 0 unspecified atom stereocenters. The van der Waals surface area contributed by atoms with Crippen molar-refractivity contribution in [1.29, 1.82) is 0 Å². The van der Waals surface area contributed by atoms with E-state index >= 15 is 0 Å². The van der Waals surface area contributed by atoms with Gasteiger partial charge in [0.15, 0.2) is 0 Å². The molecule has 0 aromatic carbocycles. The van der Waals surface area contributed by atoms with Crippen molar-refractivity contribution < 1.29 is 35.1 Å². The Labute approximate surface area is 214 Å². The van der Waals surface area contributed by atoms with Crippen molar-refractivity contribution in [1.82, 2.24) is 4.90 Å². The average Bonchev–Trinajstić information content (AvgIpc) is 2.82. The third-order valence-corrected chi connectivity index (χ3v) is 5.42. The molecule has 0 saturated heterocycles. The van der Waals surface area contributed by atoms with Crippen molar-refractivity contribution >= 4 is 11.9 Å². The predicted octanol–water partition coefficient (Wildman–Crippen LogP) is 4.85. The van der Waals surface area contributed by atoms with Crippen LogP contribution in [0.1, 0.15) is 110 Å². The number of carboxylic acid groups (broad SMARTS) is 2. The second-order valence-corrected chi connectivity index (χ2v) is 8.65. The summed E-state index contributed by atoms with van der Waals surface area (Å²) in [5, 5.41) is 41.6. The number of nitrogens with zero attached hydrogens (tertiary/aromatic N) is 1. The van der Waals surface area contributed by atoms with Crippen LogP contribution >= 0.6 is 0 Å². The van der Waals surface area contributed by atoms with Crippen LogP contribution in [0.5, 0.6) is 0 Å². The summed E-state index contributed by atoms with van der Waals surface area (Å²) in [6.45, 7) is 6.98. The van der Waals surface area contributed by atoms with Gasteiger partial charge in [0.05, 0.1) is 19.8 Å². The zero-order chi connectivity index (χ0) is 27.0. The van der Waals surface area contributed by atoms with Crippen LogP contribution in [0, 0.1) is 0 Å². The van der Waals surface area contributed by atoms with E-state index in [9.17, 15) is 9.59 Å². The maximum atomic E-state index is 10.3. The highest BCUT2D eigenvalue weighted by molar-refractivity contribution is 5.78. The van der Waals surface area contributed by atoms with Gasteiger partial charge in [-0.15, -0.1) is 0 Å². The van der Waals surface area contributed by atoms with Crippen LogP contribution in [0.3, 0.4) is 0 Å². The first kappa shape index (κ1) is 38.1. The van der Waals surface area contributed by atoms with Gasteiger partial charge < -0.3 is 25.5 Å². The molecule has 0 heterocycles. The lowest BCUT2D eigenvalue weighted by Gasteiger charge is -2.17. The van der Waals surface area contributed by atoms with E-state index in [-0.39, 0.29) is 19.8 Å². The smallest absolute Gasteiger partial charge is 0.327 e. The lowest BCUT2D eigenvalue weighted by molar-refractivity contribution is -0.137. The second-order valence-electron chi connectivity index (χ2n) is 8.65. The van der Waals surface area contributed by atoms with Gasteiger partial charge in [0.2, 0.25) is 0 Å². The molecule has 0 aliphatic rings. The number of rotatable bonds is 23. The summed E-state index contributed by atoms with van der Waals surface area (Å²) >= 11 is 0. The Bertz CT molecular complexity index is 433. The molecule has 0 aliphatic heterocycles. The minimum Gasteiger partial charge on any atom is -0.481 e. The number of aliphatic carboxylic acids is 2. The molecule has 0 aromatic heterocycles. The van der Waals surface area contributed by atoms with E-state index in [1.54, 1.807) is 4.90 Å². The lowest BCUT2D eigenvalue weighted by Crippen LogP contribution is -2.32. The van der Waals surface area contributed by atoms with E-state index in [2.05, 4.69) is 13.5 Å². The molecule has 0 rings (SSSR count). The fourth-order valence-corrected chi connectivity index (χ4v) is 3.41. The maximum absolute atomic E-state index is 10.3. The Morgan fingerprint density at radius 1 is 0.629 bits per heavy atom. The molecule has 0 aliphatic carbocycles. The molecule has 0 radical (unpaired) electrons. The number of aliphatic hydroxyl groups is 3. The quantitative estimate of drug-likeness (QED) is 0.0980. The molecule has 0 saturated carbocycles. The number of aliphatic hydroxyl groups excluding tert-OH is 3. The van der Waals surface area contributed by atoms with Gasteiger partial charge in [0, 0.05) is 32.1 Å². The van der Waals surface area contributed by atoms with Crippen LogP contribution in [-0.2, 0) is 9.59 Å². The molecule has 0 spiro atoms. The van der Waals surface area contributed by atoms with Crippen LogP contribution in [0.15, 0.2) is 12.7 Å². The summed E-state index contributed by atoms with van der Waals surface area (Å²) < 4.78 is 0. The molecule has 5 N–H and O–H groups in total. The van der Waals surface area contributed by atoms with Crippen molar-refractivity contribution in [3.8, 4) is 0 Å². The van der Waals surface area contributed by atoms with E-state index in [0.29, 0.717) is 26.1 Å². The van der Waals surface area contributed by atoms with Crippen LogP contribution in [-0.4, -0.2) is 81.8 Å². The Balaban J connectivity index is -0.000000563. The first-order valence-electron chi connectivity index (χ1n) is 13.5. The van der Waals surface area contributed by atoms with Gasteiger partial charge in [-0.25, -0.2) is 4.79 Å². The molecular weight excluding hydrogens is 450 g/mol. The fourth-order valence-electron chi connectivity index (χ4n) is 3.41. The van der Waals surface area contributed by atoms with E-state index in [1.165, 1.54) is 83.5 Å². The highest BCUT2D eigenvalue weighted by atomic mass is 16.4. The molecule has 8 heteroatoms. The highest BCUT2D eigenvalue weighted by Crippen LogP contribution is 2.13. The van der Waals surface area contributed by atoms with Crippen LogP contribution in [0.2, 0.25) is 0 Å². The number of unbranched alkanes of at least 4 members (excludes halogenated alkanes) is 14. The van der Waals surface area contributed by atoms with E-state index < -0.39 is 11.9 Å². The van der Waals surface area contributed by atoms with Crippen molar-refractivity contribution in [2.45, 2.75) is 110 Å². The van der Waals surface area contributed by atoms with Crippen molar-refractivity contribution in [3.63, 3.8) is 0 Å². The topological polar surface area (TPSA) is 139 Å². The second kappa shape index (κ2) is 34.7.